The van der Waals surface area contributed by atoms with E-state index in [1.54, 1.807) is 12.1 Å². The van der Waals surface area contributed by atoms with E-state index in [0.29, 0.717) is 12.6 Å². The molecule has 0 spiro atoms. The van der Waals surface area contributed by atoms with Gasteiger partial charge in [-0.05, 0) is 38.6 Å². The molecule has 0 saturated carbocycles. The van der Waals surface area contributed by atoms with Crippen LogP contribution in [0.4, 0.5) is 0 Å². The number of aromatic hydroxyl groups is 2. The molecule has 0 fully saturated rings. The van der Waals surface area contributed by atoms with Crippen molar-refractivity contribution < 1.29 is 10.2 Å². The van der Waals surface area contributed by atoms with Crippen LogP contribution in [0.2, 0.25) is 0 Å². The highest BCUT2D eigenvalue weighted by molar-refractivity contribution is 5.41. The second-order valence-electron chi connectivity index (χ2n) is 4.26. The first-order valence-electron chi connectivity index (χ1n) is 5.41. The fourth-order valence-corrected chi connectivity index (χ4v) is 1.65. The quantitative estimate of drug-likeness (QED) is 0.677. The van der Waals surface area contributed by atoms with Crippen molar-refractivity contribution in [3.05, 3.63) is 23.8 Å². The Balaban J connectivity index is 2.99. The summed E-state index contributed by atoms with van der Waals surface area (Å²) in [6.07, 6.45) is 0. The summed E-state index contributed by atoms with van der Waals surface area (Å²) in [5, 5.41) is 18.7. The van der Waals surface area contributed by atoms with E-state index in [-0.39, 0.29) is 17.5 Å². The summed E-state index contributed by atoms with van der Waals surface area (Å²) in [7, 11) is 1.99. The molecule has 16 heavy (non-hydrogen) atoms. The molecule has 1 atom stereocenters. The summed E-state index contributed by atoms with van der Waals surface area (Å²) in [6, 6.07) is 5.24. The second kappa shape index (κ2) is 5.18. The zero-order valence-corrected chi connectivity index (χ0v) is 10.0. The molecule has 4 heteroatoms. The highest BCUT2D eigenvalue weighted by Crippen LogP contribution is 2.29. The SMILES string of the molecule is CC(C)N(C)C(CN)c1ccc(O)c(O)c1. The summed E-state index contributed by atoms with van der Waals surface area (Å²) in [5.41, 5.74) is 6.66. The number of nitrogens with zero attached hydrogens (tertiary/aromatic N) is 1. The number of rotatable bonds is 4. The maximum atomic E-state index is 9.46. The lowest BCUT2D eigenvalue weighted by Crippen LogP contribution is -2.35. The van der Waals surface area contributed by atoms with E-state index in [2.05, 4.69) is 18.7 Å². The van der Waals surface area contributed by atoms with Crippen molar-refractivity contribution in [3.63, 3.8) is 0 Å². The maximum Gasteiger partial charge on any atom is 0.157 e. The number of phenolic OH excluding ortho intramolecular Hbond substituents is 2. The Labute approximate surface area is 96.3 Å². The van der Waals surface area contributed by atoms with Gasteiger partial charge >= 0.3 is 0 Å². The minimum absolute atomic E-state index is 0.0477. The molecule has 0 aromatic heterocycles. The molecular formula is C12H20N2O2. The first-order valence-corrected chi connectivity index (χ1v) is 5.41. The van der Waals surface area contributed by atoms with Gasteiger partial charge in [0.05, 0.1) is 0 Å². The Kier molecular flexibility index (Phi) is 4.15. The number of nitrogens with two attached hydrogens (primary N) is 1. The molecule has 0 saturated heterocycles. The highest BCUT2D eigenvalue weighted by atomic mass is 16.3. The van der Waals surface area contributed by atoms with Gasteiger partial charge in [-0.2, -0.15) is 0 Å². The van der Waals surface area contributed by atoms with Gasteiger partial charge in [-0.25, -0.2) is 0 Å². The summed E-state index contributed by atoms with van der Waals surface area (Å²) in [5.74, 6) is -0.208. The monoisotopic (exact) mass is 224 g/mol. The lowest BCUT2D eigenvalue weighted by atomic mass is 10.0. The zero-order chi connectivity index (χ0) is 12.3. The molecular weight excluding hydrogens is 204 g/mol. The van der Waals surface area contributed by atoms with Crippen LogP contribution in [-0.2, 0) is 0 Å². The van der Waals surface area contributed by atoms with Crippen LogP contribution in [-0.4, -0.2) is 34.7 Å². The molecule has 0 aliphatic heterocycles. The Hall–Kier alpha value is -1.26. The standard InChI is InChI=1S/C12H20N2O2/c1-8(2)14(3)10(7-13)9-4-5-11(15)12(16)6-9/h4-6,8,10,15-16H,7,13H2,1-3H3. The molecule has 1 unspecified atom stereocenters. The third kappa shape index (κ3) is 2.65. The van der Waals surface area contributed by atoms with Crippen LogP contribution in [0.5, 0.6) is 11.5 Å². The summed E-state index contributed by atoms with van der Waals surface area (Å²) in [4.78, 5) is 2.13. The van der Waals surface area contributed by atoms with Crippen molar-refractivity contribution in [2.45, 2.75) is 25.9 Å². The fraction of sp³-hybridized carbons (Fsp3) is 0.500. The van der Waals surface area contributed by atoms with Crippen molar-refractivity contribution in [2.24, 2.45) is 5.73 Å². The van der Waals surface area contributed by atoms with Gasteiger partial charge in [0, 0.05) is 18.6 Å². The van der Waals surface area contributed by atoms with Crippen molar-refractivity contribution in [1.82, 2.24) is 4.90 Å². The van der Waals surface area contributed by atoms with Crippen LogP contribution >= 0.6 is 0 Å². The van der Waals surface area contributed by atoms with E-state index in [0.717, 1.165) is 5.56 Å². The number of phenols is 2. The third-order valence-corrected chi connectivity index (χ3v) is 2.91. The maximum absolute atomic E-state index is 9.46. The minimum Gasteiger partial charge on any atom is -0.504 e. The predicted molar refractivity (Wildman–Crippen MR) is 64.5 cm³/mol. The number of hydrogen-bond acceptors (Lipinski definition) is 4. The zero-order valence-electron chi connectivity index (χ0n) is 10.0. The minimum atomic E-state index is -0.105. The molecule has 0 aliphatic carbocycles. The van der Waals surface area contributed by atoms with Crippen LogP contribution in [0, 0.1) is 0 Å². The summed E-state index contributed by atoms with van der Waals surface area (Å²) >= 11 is 0. The van der Waals surface area contributed by atoms with Gasteiger partial charge < -0.3 is 15.9 Å². The Morgan fingerprint density at radius 2 is 1.88 bits per heavy atom. The lowest BCUT2D eigenvalue weighted by Gasteiger charge is -2.30. The molecule has 0 amide bonds. The average Bonchev–Trinajstić information content (AvgIpc) is 2.24. The molecule has 0 bridgehead atoms. The van der Waals surface area contributed by atoms with Gasteiger partial charge in [-0.3, -0.25) is 4.90 Å². The Morgan fingerprint density at radius 1 is 1.25 bits per heavy atom. The van der Waals surface area contributed by atoms with E-state index in [1.165, 1.54) is 6.07 Å². The van der Waals surface area contributed by atoms with E-state index in [1.807, 2.05) is 7.05 Å². The van der Waals surface area contributed by atoms with E-state index < -0.39 is 0 Å². The van der Waals surface area contributed by atoms with Crippen molar-refractivity contribution in [3.8, 4) is 11.5 Å². The van der Waals surface area contributed by atoms with Crippen LogP contribution in [0.1, 0.15) is 25.5 Å². The van der Waals surface area contributed by atoms with E-state index in [9.17, 15) is 10.2 Å². The van der Waals surface area contributed by atoms with Crippen LogP contribution in [0.3, 0.4) is 0 Å². The molecule has 4 nitrogen and oxygen atoms in total. The van der Waals surface area contributed by atoms with Crippen LogP contribution in [0.15, 0.2) is 18.2 Å². The van der Waals surface area contributed by atoms with Crippen molar-refractivity contribution in [1.29, 1.82) is 0 Å². The second-order valence-corrected chi connectivity index (χ2v) is 4.26. The van der Waals surface area contributed by atoms with Crippen LogP contribution < -0.4 is 5.73 Å². The number of benzene rings is 1. The van der Waals surface area contributed by atoms with Gasteiger partial charge in [0.2, 0.25) is 0 Å². The summed E-state index contributed by atoms with van der Waals surface area (Å²) in [6.45, 7) is 4.64. The van der Waals surface area contributed by atoms with Gasteiger partial charge in [0.25, 0.3) is 0 Å². The topological polar surface area (TPSA) is 69.7 Å². The number of likely N-dealkylation sites (N-methyl/N-ethyl adjacent to an activating group) is 1. The molecule has 4 N–H and O–H groups in total. The molecule has 1 aromatic carbocycles. The predicted octanol–water partition coefficient (Wildman–Crippen LogP) is 1.44. The lowest BCUT2D eigenvalue weighted by molar-refractivity contribution is 0.201. The van der Waals surface area contributed by atoms with Gasteiger partial charge in [0.1, 0.15) is 0 Å². The van der Waals surface area contributed by atoms with Crippen molar-refractivity contribution in [2.75, 3.05) is 13.6 Å². The largest absolute Gasteiger partial charge is 0.504 e. The smallest absolute Gasteiger partial charge is 0.157 e. The molecule has 1 aromatic rings. The van der Waals surface area contributed by atoms with Gasteiger partial charge in [0.15, 0.2) is 11.5 Å². The molecule has 1 rings (SSSR count). The van der Waals surface area contributed by atoms with Gasteiger partial charge in [-0.15, -0.1) is 0 Å². The first kappa shape index (κ1) is 12.8. The van der Waals surface area contributed by atoms with Crippen molar-refractivity contribution >= 4 is 0 Å². The first-order chi connectivity index (χ1) is 7.47. The molecule has 0 heterocycles. The molecule has 0 aliphatic rings. The summed E-state index contributed by atoms with van der Waals surface area (Å²) < 4.78 is 0. The molecule has 0 radical (unpaired) electrons. The average molecular weight is 224 g/mol. The molecule has 90 valence electrons. The Morgan fingerprint density at radius 3 is 2.31 bits per heavy atom. The number of hydrogen-bond donors (Lipinski definition) is 3. The van der Waals surface area contributed by atoms with Crippen LogP contribution in [0.25, 0.3) is 0 Å². The van der Waals surface area contributed by atoms with E-state index in [4.69, 9.17) is 5.73 Å². The fourth-order valence-electron chi connectivity index (χ4n) is 1.65. The third-order valence-electron chi connectivity index (χ3n) is 2.91. The normalized spacial score (nSPS) is 13.4. The van der Waals surface area contributed by atoms with E-state index >= 15 is 0 Å². The van der Waals surface area contributed by atoms with Gasteiger partial charge in [-0.1, -0.05) is 6.07 Å². The highest BCUT2D eigenvalue weighted by Gasteiger charge is 2.18. The Bertz CT molecular complexity index is 353.